The van der Waals surface area contributed by atoms with Gasteiger partial charge in [0, 0.05) is 0 Å². The van der Waals surface area contributed by atoms with Crippen molar-refractivity contribution in [2.24, 2.45) is 0 Å². The summed E-state index contributed by atoms with van der Waals surface area (Å²) in [6.45, 7) is 4.11. The molecular weight excluding hydrogens is 315 g/mol. The van der Waals surface area contributed by atoms with E-state index in [-0.39, 0.29) is 11.7 Å². The van der Waals surface area contributed by atoms with Gasteiger partial charge in [0.25, 0.3) is 0 Å². The van der Waals surface area contributed by atoms with Crippen molar-refractivity contribution >= 4 is 5.97 Å². The van der Waals surface area contributed by atoms with Crippen LogP contribution in [0, 0.1) is 5.82 Å². The maximum Gasteiger partial charge on any atom is 0.341 e. The predicted octanol–water partition coefficient (Wildman–Crippen LogP) is 6.26. The summed E-state index contributed by atoms with van der Waals surface area (Å²) in [5.41, 5.74) is 1.86. The number of benzene rings is 2. The molecule has 0 aliphatic rings. The van der Waals surface area contributed by atoms with Gasteiger partial charge in [-0.25, -0.2) is 9.18 Å². The lowest BCUT2D eigenvalue weighted by molar-refractivity contribution is 0.0282. The minimum atomic E-state index is -0.606. The van der Waals surface area contributed by atoms with Crippen LogP contribution in [0.4, 0.5) is 4.39 Å². The van der Waals surface area contributed by atoms with Crippen molar-refractivity contribution in [2.45, 2.75) is 58.5 Å². The second-order valence-corrected chi connectivity index (χ2v) is 6.34. The molecule has 0 aromatic heterocycles. The maximum atomic E-state index is 14.3. The van der Waals surface area contributed by atoms with Crippen LogP contribution in [0.5, 0.6) is 0 Å². The molecule has 0 bridgehead atoms. The summed E-state index contributed by atoms with van der Waals surface area (Å²) in [4.78, 5) is 12.4. The summed E-state index contributed by atoms with van der Waals surface area (Å²) in [7, 11) is 0. The van der Waals surface area contributed by atoms with Gasteiger partial charge in [0.2, 0.25) is 0 Å². The van der Waals surface area contributed by atoms with E-state index in [0.717, 1.165) is 30.4 Å². The van der Waals surface area contributed by atoms with Crippen LogP contribution in [0.25, 0.3) is 0 Å². The Morgan fingerprint density at radius 3 is 2.44 bits per heavy atom. The van der Waals surface area contributed by atoms with E-state index in [1.165, 1.54) is 18.9 Å². The highest BCUT2D eigenvalue weighted by atomic mass is 19.1. The topological polar surface area (TPSA) is 26.3 Å². The zero-order valence-corrected chi connectivity index (χ0v) is 15.1. The van der Waals surface area contributed by atoms with E-state index in [0.29, 0.717) is 6.42 Å². The van der Waals surface area contributed by atoms with E-state index in [2.05, 4.69) is 6.92 Å². The van der Waals surface area contributed by atoms with Crippen LogP contribution in [0.1, 0.15) is 73.5 Å². The van der Waals surface area contributed by atoms with Crippen LogP contribution >= 0.6 is 0 Å². The standard InChI is InChI=1S/C22H27FO2/c1-3-5-6-8-11-17-14-15-19(20(23)16-17)22(24)25-21(4-2)18-12-9-7-10-13-18/h7,9-10,12-16,21H,3-6,8,11H2,1-2H3. The summed E-state index contributed by atoms with van der Waals surface area (Å²) < 4.78 is 19.9. The number of halogens is 1. The molecule has 0 aliphatic carbocycles. The van der Waals surface area contributed by atoms with Gasteiger partial charge in [-0.3, -0.25) is 0 Å². The molecule has 134 valence electrons. The lowest BCUT2D eigenvalue weighted by Crippen LogP contribution is -2.13. The summed E-state index contributed by atoms with van der Waals surface area (Å²) in [5, 5.41) is 0. The van der Waals surface area contributed by atoms with E-state index in [9.17, 15) is 9.18 Å². The fraction of sp³-hybridized carbons (Fsp3) is 0.409. The highest BCUT2D eigenvalue weighted by Gasteiger charge is 2.19. The third-order valence-electron chi connectivity index (χ3n) is 4.36. The van der Waals surface area contributed by atoms with Crippen LogP contribution in [-0.4, -0.2) is 5.97 Å². The minimum absolute atomic E-state index is 0.00619. The number of unbranched alkanes of at least 4 members (excludes halogenated alkanes) is 3. The fourth-order valence-electron chi connectivity index (χ4n) is 2.88. The van der Waals surface area contributed by atoms with Crippen molar-refractivity contribution in [3.8, 4) is 0 Å². The summed E-state index contributed by atoms with van der Waals surface area (Å²) in [6, 6.07) is 14.4. The Morgan fingerprint density at radius 1 is 1.04 bits per heavy atom. The molecule has 0 amide bonds. The molecule has 1 unspecified atom stereocenters. The molecule has 25 heavy (non-hydrogen) atoms. The maximum absolute atomic E-state index is 14.3. The van der Waals surface area contributed by atoms with Gasteiger partial charge in [-0.1, -0.05) is 69.5 Å². The van der Waals surface area contributed by atoms with Crippen molar-refractivity contribution in [2.75, 3.05) is 0 Å². The van der Waals surface area contributed by atoms with E-state index >= 15 is 0 Å². The molecule has 0 fully saturated rings. The van der Waals surface area contributed by atoms with Gasteiger partial charge in [0.1, 0.15) is 11.9 Å². The Hall–Kier alpha value is -2.16. The molecule has 0 aliphatic heterocycles. The Balaban J connectivity index is 2.01. The zero-order chi connectivity index (χ0) is 18.1. The zero-order valence-electron chi connectivity index (χ0n) is 15.1. The first-order chi connectivity index (χ1) is 12.2. The van der Waals surface area contributed by atoms with E-state index in [4.69, 9.17) is 4.74 Å². The van der Waals surface area contributed by atoms with E-state index in [1.807, 2.05) is 43.3 Å². The van der Waals surface area contributed by atoms with Crippen LogP contribution in [0.3, 0.4) is 0 Å². The number of esters is 1. The molecule has 0 saturated heterocycles. The normalized spacial score (nSPS) is 12.0. The van der Waals surface area contributed by atoms with Gasteiger partial charge in [0.15, 0.2) is 0 Å². The molecule has 0 radical (unpaired) electrons. The van der Waals surface area contributed by atoms with Crippen LogP contribution in [0.2, 0.25) is 0 Å². The third kappa shape index (κ3) is 5.70. The van der Waals surface area contributed by atoms with Crippen LogP contribution in [-0.2, 0) is 11.2 Å². The highest BCUT2D eigenvalue weighted by Crippen LogP contribution is 2.23. The molecular formula is C22H27FO2. The lowest BCUT2D eigenvalue weighted by Gasteiger charge is -2.17. The third-order valence-corrected chi connectivity index (χ3v) is 4.36. The van der Waals surface area contributed by atoms with Gasteiger partial charge in [0.05, 0.1) is 5.56 Å². The molecule has 2 rings (SSSR count). The van der Waals surface area contributed by atoms with Crippen molar-refractivity contribution in [3.05, 3.63) is 71.0 Å². The SMILES string of the molecule is CCCCCCc1ccc(C(=O)OC(CC)c2ccccc2)c(F)c1. The summed E-state index contributed by atoms with van der Waals surface area (Å²) in [5.74, 6) is -1.10. The second-order valence-electron chi connectivity index (χ2n) is 6.34. The van der Waals surface area contributed by atoms with Gasteiger partial charge in [-0.15, -0.1) is 0 Å². The smallest absolute Gasteiger partial charge is 0.341 e. The minimum Gasteiger partial charge on any atom is -0.454 e. The first-order valence-electron chi connectivity index (χ1n) is 9.20. The van der Waals surface area contributed by atoms with Crippen molar-refractivity contribution in [3.63, 3.8) is 0 Å². The Bertz CT molecular complexity index is 667. The highest BCUT2D eigenvalue weighted by molar-refractivity contribution is 5.90. The Morgan fingerprint density at radius 2 is 1.80 bits per heavy atom. The molecule has 2 aromatic carbocycles. The van der Waals surface area contributed by atoms with Crippen molar-refractivity contribution in [1.82, 2.24) is 0 Å². The number of hydrogen-bond donors (Lipinski definition) is 0. The Kier molecular flexibility index (Phi) is 7.65. The number of carbonyl (C=O) groups excluding carboxylic acids is 1. The summed E-state index contributed by atoms with van der Waals surface area (Å²) >= 11 is 0. The fourth-order valence-corrected chi connectivity index (χ4v) is 2.88. The molecule has 3 heteroatoms. The second kappa shape index (κ2) is 9.97. The molecule has 2 aromatic rings. The van der Waals surface area contributed by atoms with Gasteiger partial charge in [-0.05, 0) is 42.5 Å². The molecule has 1 atom stereocenters. The van der Waals surface area contributed by atoms with Gasteiger partial charge < -0.3 is 4.74 Å². The van der Waals surface area contributed by atoms with E-state index < -0.39 is 11.8 Å². The number of hydrogen-bond acceptors (Lipinski definition) is 2. The number of ether oxygens (including phenoxy) is 1. The predicted molar refractivity (Wildman–Crippen MR) is 99.1 cm³/mol. The lowest BCUT2D eigenvalue weighted by atomic mass is 10.0. The number of aryl methyl sites for hydroxylation is 1. The molecule has 0 heterocycles. The monoisotopic (exact) mass is 342 g/mol. The number of carbonyl (C=O) groups is 1. The van der Waals surface area contributed by atoms with Gasteiger partial charge in [-0.2, -0.15) is 0 Å². The molecule has 2 nitrogen and oxygen atoms in total. The first-order valence-corrected chi connectivity index (χ1v) is 9.20. The van der Waals surface area contributed by atoms with Crippen LogP contribution < -0.4 is 0 Å². The van der Waals surface area contributed by atoms with E-state index in [1.54, 1.807) is 6.07 Å². The first kappa shape index (κ1) is 19.2. The molecule has 0 spiro atoms. The average molecular weight is 342 g/mol. The number of rotatable bonds is 9. The molecule has 0 saturated carbocycles. The average Bonchev–Trinajstić information content (AvgIpc) is 2.64. The summed E-state index contributed by atoms with van der Waals surface area (Å²) in [6.07, 6.45) is 5.70. The van der Waals surface area contributed by atoms with Crippen LogP contribution in [0.15, 0.2) is 48.5 Å². The quantitative estimate of drug-likeness (QED) is 0.397. The Labute approximate surface area is 150 Å². The van der Waals surface area contributed by atoms with Gasteiger partial charge >= 0.3 is 5.97 Å². The molecule has 0 N–H and O–H groups in total. The largest absolute Gasteiger partial charge is 0.454 e. The van der Waals surface area contributed by atoms with Crippen molar-refractivity contribution in [1.29, 1.82) is 0 Å². The van der Waals surface area contributed by atoms with Crippen molar-refractivity contribution < 1.29 is 13.9 Å².